The Morgan fingerprint density at radius 1 is 0.902 bits per heavy atom. The van der Waals surface area contributed by atoms with Gasteiger partial charge >= 0.3 is 0 Å². The Morgan fingerprint density at radius 3 is 2.22 bits per heavy atom. The third kappa shape index (κ3) is 8.56. The van der Waals surface area contributed by atoms with Gasteiger partial charge in [0.1, 0.15) is 27.6 Å². The predicted octanol–water partition coefficient (Wildman–Crippen LogP) is 4.80. The van der Waals surface area contributed by atoms with Crippen LogP contribution in [0.1, 0.15) is 51.2 Å². The molecule has 4 aromatic rings. The molecule has 41 heavy (non-hydrogen) atoms. The lowest BCUT2D eigenvalue weighted by atomic mass is 10.0. The Hall–Kier alpha value is -3.87. The van der Waals surface area contributed by atoms with E-state index in [-0.39, 0.29) is 46.6 Å². The second kappa shape index (κ2) is 14.2. The molecule has 0 saturated carbocycles. The summed E-state index contributed by atoms with van der Waals surface area (Å²) in [6, 6.07) is 9.59. The number of Topliss-reactive ketones (excluding diaryl/α,β-unsaturated/α-hetero) is 1. The van der Waals surface area contributed by atoms with Gasteiger partial charge in [-0.05, 0) is 74.6 Å². The summed E-state index contributed by atoms with van der Waals surface area (Å²) in [5.41, 5.74) is 1.43. The number of hydrogen-bond acceptors (Lipinski definition) is 8. The molecule has 214 valence electrons. The van der Waals surface area contributed by atoms with Crippen molar-refractivity contribution < 1.29 is 28.3 Å². The fourth-order valence-corrected chi connectivity index (χ4v) is 5.46. The number of aromatic nitrogens is 2. The zero-order chi connectivity index (χ0) is 29.4. The summed E-state index contributed by atoms with van der Waals surface area (Å²) in [6.45, 7) is 1.58. The molecule has 2 aromatic heterocycles. The van der Waals surface area contributed by atoms with Gasteiger partial charge in [0.25, 0.3) is 5.91 Å². The molecule has 0 aliphatic heterocycles. The average molecular weight is 599 g/mol. The summed E-state index contributed by atoms with van der Waals surface area (Å²) in [5, 5.41) is 17.7. The molecule has 0 aliphatic rings. The van der Waals surface area contributed by atoms with Crippen molar-refractivity contribution in [3.05, 3.63) is 93.4 Å². The molecule has 12 heteroatoms. The number of rotatable bonds is 13. The number of carbonyl (C=O) groups is 3. The topological polar surface area (TPSA) is 121 Å². The van der Waals surface area contributed by atoms with Crippen LogP contribution in [0, 0.1) is 11.6 Å². The number of halogens is 2. The molecule has 2 aromatic carbocycles. The van der Waals surface area contributed by atoms with Crippen LogP contribution >= 0.6 is 22.7 Å². The quantitative estimate of drug-likeness (QED) is 0.190. The van der Waals surface area contributed by atoms with E-state index < -0.39 is 30.0 Å². The van der Waals surface area contributed by atoms with Gasteiger partial charge in [0.05, 0.1) is 18.3 Å². The van der Waals surface area contributed by atoms with E-state index >= 15 is 0 Å². The Bertz CT molecular complexity index is 1460. The normalized spacial score (nSPS) is 13.3. The van der Waals surface area contributed by atoms with E-state index in [1.54, 1.807) is 36.6 Å². The van der Waals surface area contributed by atoms with E-state index in [2.05, 4.69) is 20.6 Å². The molecule has 2 unspecified atom stereocenters. The van der Waals surface area contributed by atoms with Crippen molar-refractivity contribution in [3.8, 4) is 10.6 Å². The maximum absolute atomic E-state index is 13.4. The Morgan fingerprint density at radius 2 is 1.59 bits per heavy atom. The average Bonchev–Trinajstić information content (AvgIpc) is 3.67. The fourth-order valence-electron chi connectivity index (χ4n) is 4.01. The summed E-state index contributed by atoms with van der Waals surface area (Å²) in [4.78, 5) is 48.3. The van der Waals surface area contributed by atoms with Crippen LogP contribution in [0.25, 0.3) is 10.6 Å². The summed E-state index contributed by atoms with van der Waals surface area (Å²) < 4.78 is 26.6. The van der Waals surface area contributed by atoms with Gasteiger partial charge in [0.15, 0.2) is 5.01 Å². The molecule has 0 radical (unpaired) electrons. The van der Waals surface area contributed by atoms with Gasteiger partial charge in [-0.15, -0.1) is 22.7 Å². The lowest BCUT2D eigenvalue weighted by Crippen LogP contribution is -2.51. The van der Waals surface area contributed by atoms with Crippen molar-refractivity contribution in [2.45, 2.75) is 50.8 Å². The van der Waals surface area contributed by atoms with E-state index in [1.807, 2.05) is 0 Å². The predicted molar refractivity (Wildman–Crippen MR) is 153 cm³/mol. The van der Waals surface area contributed by atoms with E-state index in [4.69, 9.17) is 0 Å². The summed E-state index contributed by atoms with van der Waals surface area (Å²) >= 11 is 2.24. The molecule has 4 rings (SSSR count). The number of amides is 2. The van der Waals surface area contributed by atoms with Gasteiger partial charge in [-0.1, -0.05) is 12.1 Å². The first-order chi connectivity index (χ1) is 19.7. The number of hydrogen-bond donors (Lipinski definition) is 3. The van der Waals surface area contributed by atoms with Gasteiger partial charge in [-0.25, -0.2) is 18.7 Å². The summed E-state index contributed by atoms with van der Waals surface area (Å²) in [7, 11) is 0. The van der Waals surface area contributed by atoms with Crippen LogP contribution in [0.3, 0.4) is 0 Å². The highest BCUT2D eigenvalue weighted by atomic mass is 32.1. The molecule has 0 spiro atoms. The summed E-state index contributed by atoms with van der Waals surface area (Å²) in [5.74, 6) is -2.27. The maximum Gasteiger partial charge on any atom is 0.263 e. The van der Waals surface area contributed by atoms with E-state index in [9.17, 15) is 28.3 Å². The van der Waals surface area contributed by atoms with Gasteiger partial charge < -0.3 is 15.7 Å². The number of ketones is 1. The highest BCUT2D eigenvalue weighted by molar-refractivity contribution is 7.16. The minimum Gasteiger partial charge on any atom is -0.393 e. The molecule has 2 amide bonds. The number of carbonyl (C=O) groups excluding carboxylic acids is 3. The third-order valence-electron chi connectivity index (χ3n) is 6.23. The first-order valence-electron chi connectivity index (χ1n) is 12.9. The largest absolute Gasteiger partial charge is 0.393 e. The maximum atomic E-state index is 13.4. The Kier molecular flexibility index (Phi) is 10.4. The third-order valence-corrected chi connectivity index (χ3v) is 8.06. The van der Waals surface area contributed by atoms with Crippen LogP contribution in [-0.4, -0.2) is 50.9 Å². The van der Waals surface area contributed by atoms with E-state index in [1.165, 1.54) is 36.7 Å². The van der Waals surface area contributed by atoms with Crippen molar-refractivity contribution in [1.29, 1.82) is 0 Å². The number of aliphatic hydroxyl groups excluding tert-OH is 1. The van der Waals surface area contributed by atoms with Crippen molar-refractivity contribution >= 4 is 40.3 Å². The molecule has 2 heterocycles. The minimum atomic E-state index is -1.05. The number of nitrogens with one attached hydrogen (secondary N) is 2. The molecule has 0 fully saturated rings. The van der Waals surface area contributed by atoms with Crippen LogP contribution in [-0.2, 0) is 11.2 Å². The Balaban J connectivity index is 1.49. The standard InChI is InChI=1S/C29H28F2N4O4S2/c1-17(36)2-12-23(35-27(39)24-16-33-28(41-24)19-6-10-21(31)11-7-19)26(38)34-22(25(37)29-32-14-15-40-29)13-5-18-3-8-20(30)9-4-18/h3-4,6-11,14-17,22-23,36H,2,5,12-13H2,1H3,(H,34,38)(H,35,39)/t17?,22?,23-/m0/s1. The number of aryl methyl sites for hydroxylation is 1. The molecule has 0 bridgehead atoms. The summed E-state index contributed by atoms with van der Waals surface area (Å²) in [6.07, 6.45) is 3.11. The van der Waals surface area contributed by atoms with Gasteiger partial charge in [-0.3, -0.25) is 14.4 Å². The molecule has 0 saturated heterocycles. The van der Waals surface area contributed by atoms with E-state index in [0.717, 1.165) is 28.2 Å². The van der Waals surface area contributed by atoms with Crippen LogP contribution < -0.4 is 10.6 Å². The van der Waals surface area contributed by atoms with Crippen molar-refractivity contribution in [2.75, 3.05) is 0 Å². The second-order valence-electron chi connectivity index (χ2n) is 9.42. The molecular formula is C29H28F2N4O4S2. The number of thiazole rings is 2. The molecule has 0 aliphatic carbocycles. The smallest absolute Gasteiger partial charge is 0.263 e. The minimum absolute atomic E-state index is 0.120. The fraction of sp³-hybridized carbons (Fsp3) is 0.276. The van der Waals surface area contributed by atoms with Crippen LogP contribution in [0.15, 0.2) is 66.3 Å². The van der Waals surface area contributed by atoms with Gasteiger partial charge in [0.2, 0.25) is 11.7 Å². The van der Waals surface area contributed by atoms with Crippen molar-refractivity contribution in [1.82, 2.24) is 20.6 Å². The Labute approximate surface area is 243 Å². The van der Waals surface area contributed by atoms with Crippen LogP contribution in [0.2, 0.25) is 0 Å². The number of nitrogens with zero attached hydrogens (tertiary/aromatic N) is 2. The number of aliphatic hydroxyl groups is 1. The van der Waals surface area contributed by atoms with Crippen LogP contribution in [0.5, 0.6) is 0 Å². The lowest BCUT2D eigenvalue weighted by molar-refractivity contribution is -0.123. The second-order valence-corrected chi connectivity index (χ2v) is 11.3. The van der Waals surface area contributed by atoms with Gasteiger partial charge in [-0.2, -0.15) is 0 Å². The lowest BCUT2D eigenvalue weighted by Gasteiger charge is -2.23. The molecule has 3 atom stereocenters. The van der Waals surface area contributed by atoms with Crippen LogP contribution in [0.4, 0.5) is 8.78 Å². The number of benzene rings is 2. The highest BCUT2D eigenvalue weighted by Gasteiger charge is 2.29. The molecule has 8 nitrogen and oxygen atoms in total. The zero-order valence-electron chi connectivity index (χ0n) is 22.1. The van der Waals surface area contributed by atoms with Crippen molar-refractivity contribution in [2.24, 2.45) is 0 Å². The van der Waals surface area contributed by atoms with Gasteiger partial charge in [0, 0.05) is 17.1 Å². The first-order valence-corrected chi connectivity index (χ1v) is 14.6. The SMILES string of the molecule is CC(O)CC[C@H](NC(=O)c1cnc(-c2ccc(F)cc2)s1)C(=O)NC(CCc1ccc(F)cc1)C(=O)c1nccs1. The monoisotopic (exact) mass is 598 g/mol. The van der Waals surface area contributed by atoms with Crippen molar-refractivity contribution in [3.63, 3.8) is 0 Å². The first kappa shape index (κ1) is 30.1. The molecule has 3 N–H and O–H groups in total. The highest BCUT2D eigenvalue weighted by Crippen LogP contribution is 2.25. The molecular weight excluding hydrogens is 570 g/mol. The zero-order valence-corrected chi connectivity index (χ0v) is 23.7. The van der Waals surface area contributed by atoms with E-state index in [0.29, 0.717) is 17.0 Å².